The van der Waals surface area contributed by atoms with Crippen molar-refractivity contribution in [1.29, 1.82) is 0 Å². The highest BCUT2D eigenvalue weighted by Crippen LogP contribution is 2.50. The van der Waals surface area contributed by atoms with E-state index in [1.165, 1.54) is 6.42 Å². The molecule has 104 valence electrons. The topological polar surface area (TPSA) is 49.8 Å². The Morgan fingerprint density at radius 1 is 1.44 bits per heavy atom. The maximum Gasteiger partial charge on any atom is 0.407 e. The van der Waals surface area contributed by atoms with Crippen LogP contribution in [0, 0.1) is 11.8 Å². The van der Waals surface area contributed by atoms with Gasteiger partial charge in [-0.3, -0.25) is 0 Å². The lowest BCUT2D eigenvalue weighted by atomic mass is 10.2. The summed E-state index contributed by atoms with van der Waals surface area (Å²) >= 11 is 0. The number of carbonyl (C=O) groups is 1. The van der Waals surface area contributed by atoms with E-state index >= 15 is 0 Å². The number of nitrogens with zero attached hydrogens (tertiary/aromatic N) is 1. The first-order valence-corrected chi connectivity index (χ1v) is 9.68. The van der Waals surface area contributed by atoms with Gasteiger partial charge in [-0.1, -0.05) is 20.8 Å². The van der Waals surface area contributed by atoms with Crippen LogP contribution in [0.15, 0.2) is 0 Å². The molecule has 1 aliphatic heterocycles. The van der Waals surface area contributed by atoms with Crippen molar-refractivity contribution in [1.82, 2.24) is 4.90 Å². The number of hydrogen-bond acceptors (Lipinski definition) is 2. The van der Waals surface area contributed by atoms with Crippen LogP contribution >= 0.6 is 0 Å². The van der Waals surface area contributed by atoms with E-state index < -0.39 is 14.4 Å². The molecular weight excluding hydrogens is 246 g/mol. The van der Waals surface area contributed by atoms with Gasteiger partial charge in [0.15, 0.2) is 8.32 Å². The molecule has 1 amide bonds. The minimum absolute atomic E-state index is 0.0987. The van der Waals surface area contributed by atoms with Crippen molar-refractivity contribution in [3.05, 3.63) is 0 Å². The second-order valence-corrected chi connectivity index (χ2v) is 12.0. The highest BCUT2D eigenvalue weighted by molar-refractivity contribution is 6.74. The molecule has 1 heterocycles. The number of hydrogen-bond donors (Lipinski definition) is 1. The summed E-state index contributed by atoms with van der Waals surface area (Å²) in [6.07, 6.45) is 0.404. The molecule has 0 aromatic carbocycles. The summed E-state index contributed by atoms with van der Waals surface area (Å²) in [6.45, 7) is 12.4. The van der Waals surface area contributed by atoms with Gasteiger partial charge in [0, 0.05) is 6.54 Å². The molecule has 2 rings (SSSR count). The maximum absolute atomic E-state index is 11.2. The van der Waals surface area contributed by atoms with Gasteiger partial charge in [-0.15, -0.1) is 0 Å². The summed E-state index contributed by atoms with van der Waals surface area (Å²) < 4.78 is 6.19. The largest absolute Gasteiger partial charge is 0.465 e. The van der Waals surface area contributed by atoms with Crippen LogP contribution in [0.5, 0.6) is 0 Å². The molecule has 0 radical (unpaired) electrons. The molecule has 5 heteroatoms. The minimum Gasteiger partial charge on any atom is -0.465 e. The highest BCUT2D eigenvalue weighted by Gasteiger charge is 2.54. The average molecular weight is 271 g/mol. The van der Waals surface area contributed by atoms with E-state index in [9.17, 15) is 9.90 Å². The van der Waals surface area contributed by atoms with Crippen molar-refractivity contribution >= 4 is 14.4 Å². The van der Waals surface area contributed by atoms with Gasteiger partial charge in [0.05, 0.1) is 12.6 Å². The third kappa shape index (κ3) is 2.43. The Morgan fingerprint density at radius 2 is 2.06 bits per heavy atom. The third-order valence-electron chi connectivity index (χ3n) is 4.97. The van der Waals surface area contributed by atoms with Gasteiger partial charge in [0.2, 0.25) is 0 Å². The normalized spacial score (nSPS) is 31.4. The summed E-state index contributed by atoms with van der Waals surface area (Å²) in [6, 6.07) is 0.0987. The molecule has 0 aromatic heterocycles. The first kappa shape index (κ1) is 13.9. The molecule has 1 saturated carbocycles. The SMILES string of the molecule is CC(C)(C)[Si](C)(C)OC[C@@H]1[C@H]2C[C@H]2CN1C(=O)O. The van der Waals surface area contributed by atoms with Crippen molar-refractivity contribution in [2.24, 2.45) is 11.8 Å². The Labute approximate surface area is 110 Å². The van der Waals surface area contributed by atoms with Gasteiger partial charge >= 0.3 is 6.09 Å². The molecule has 1 aliphatic carbocycles. The fourth-order valence-corrected chi connectivity index (χ4v) is 3.54. The first-order chi connectivity index (χ1) is 8.13. The van der Waals surface area contributed by atoms with Crippen molar-refractivity contribution in [2.75, 3.05) is 13.2 Å². The number of carboxylic acid groups (broad SMARTS) is 1. The van der Waals surface area contributed by atoms with E-state index in [-0.39, 0.29) is 11.1 Å². The smallest absolute Gasteiger partial charge is 0.407 e. The lowest BCUT2D eigenvalue weighted by Gasteiger charge is -2.38. The first-order valence-electron chi connectivity index (χ1n) is 6.77. The van der Waals surface area contributed by atoms with Crippen molar-refractivity contribution in [3.63, 3.8) is 0 Å². The molecule has 1 N–H and O–H groups in total. The number of likely N-dealkylation sites (tertiary alicyclic amines) is 1. The van der Waals surface area contributed by atoms with Crippen LogP contribution in [-0.2, 0) is 4.43 Å². The van der Waals surface area contributed by atoms with Crippen LogP contribution in [0.1, 0.15) is 27.2 Å². The van der Waals surface area contributed by atoms with Crippen LogP contribution in [-0.4, -0.2) is 43.6 Å². The number of amides is 1. The van der Waals surface area contributed by atoms with Gasteiger partial charge in [-0.05, 0) is 36.4 Å². The van der Waals surface area contributed by atoms with E-state index in [1.807, 2.05) is 0 Å². The summed E-state index contributed by atoms with van der Waals surface area (Å²) in [5, 5.41) is 9.38. The van der Waals surface area contributed by atoms with Gasteiger partial charge < -0.3 is 14.4 Å². The molecule has 1 saturated heterocycles. The second kappa shape index (κ2) is 4.23. The van der Waals surface area contributed by atoms with Gasteiger partial charge in [0.25, 0.3) is 0 Å². The summed E-state index contributed by atoms with van der Waals surface area (Å²) in [4.78, 5) is 12.8. The van der Waals surface area contributed by atoms with Crippen molar-refractivity contribution in [2.45, 2.75) is 51.4 Å². The predicted molar refractivity (Wildman–Crippen MR) is 73.3 cm³/mol. The summed E-state index contributed by atoms with van der Waals surface area (Å²) in [5.41, 5.74) is 0. The zero-order valence-corrected chi connectivity index (χ0v) is 13.1. The monoisotopic (exact) mass is 271 g/mol. The Bertz CT molecular complexity index is 351. The summed E-state index contributed by atoms with van der Waals surface area (Å²) in [5.74, 6) is 1.17. The van der Waals surface area contributed by atoms with E-state index in [0.717, 1.165) is 0 Å². The molecule has 0 bridgehead atoms. The molecule has 2 aliphatic rings. The lowest BCUT2D eigenvalue weighted by Crippen LogP contribution is -2.47. The van der Waals surface area contributed by atoms with Crippen LogP contribution < -0.4 is 0 Å². The average Bonchev–Trinajstić information content (AvgIpc) is 2.87. The number of piperidine rings is 1. The van der Waals surface area contributed by atoms with E-state index in [0.29, 0.717) is 25.0 Å². The zero-order chi connectivity index (χ0) is 13.7. The molecule has 0 aromatic rings. The van der Waals surface area contributed by atoms with E-state index in [4.69, 9.17) is 4.43 Å². The third-order valence-corrected chi connectivity index (χ3v) is 9.47. The quantitative estimate of drug-likeness (QED) is 0.803. The molecule has 3 atom stereocenters. The molecule has 0 spiro atoms. The van der Waals surface area contributed by atoms with E-state index in [1.54, 1.807) is 4.90 Å². The Balaban J connectivity index is 1.95. The van der Waals surface area contributed by atoms with Crippen LogP contribution in [0.25, 0.3) is 0 Å². The standard InChI is InChI=1S/C13H25NO3Si/c1-13(2,3)18(4,5)17-8-11-10-6-9(10)7-14(11)12(15)16/h9-11H,6-8H2,1-5H3,(H,15,16)/t9-,10-,11+/m0/s1. The Kier molecular flexibility index (Phi) is 3.26. The molecule has 18 heavy (non-hydrogen) atoms. The van der Waals surface area contributed by atoms with Gasteiger partial charge in [-0.25, -0.2) is 4.79 Å². The van der Waals surface area contributed by atoms with Gasteiger partial charge in [-0.2, -0.15) is 0 Å². The Morgan fingerprint density at radius 3 is 2.56 bits per heavy atom. The molecular formula is C13H25NO3Si. The maximum atomic E-state index is 11.2. The fourth-order valence-electron chi connectivity index (χ4n) is 2.52. The summed E-state index contributed by atoms with van der Waals surface area (Å²) in [7, 11) is -1.77. The van der Waals surface area contributed by atoms with Crippen LogP contribution in [0.3, 0.4) is 0 Å². The number of rotatable bonds is 3. The van der Waals surface area contributed by atoms with Crippen LogP contribution in [0.4, 0.5) is 4.79 Å². The molecule has 4 nitrogen and oxygen atoms in total. The van der Waals surface area contributed by atoms with E-state index in [2.05, 4.69) is 33.9 Å². The van der Waals surface area contributed by atoms with Crippen LogP contribution in [0.2, 0.25) is 18.1 Å². The zero-order valence-electron chi connectivity index (χ0n) is 12.1. The number of fused-ring (bicyclic) bond motifs is 1. The molecule has 0 unspecified atom stereocenters. The lowest BCUT2D eigenvalue weighted by molar-refractivity contribution is 0.109. The molecule has 2 fully saturated rings. The fraction of sp³-hybridized carbons (Fsp3) is 0.923. The Hall–Kier alpha value is -0.553. The highest BCUT2D eigenvalue weighted by atomic mass is 28.4. The van der Waals surface area contributed by atoms with Gasteiger partial charge in [0.1, 0.15) is 0 Å². The van der Waals surface area contributed by atoms with Crippen molar-refractivity contribution < 1.29 is 14.3 Å². The predicted octanol–water partition coefficient (Wildman–Crippen LogP) is 3.01. The minimum atomic E-state index is -1.77. The second-order valence-electron chi connectivity index (χ2n) is 7.23. The van der Waals surface area contributed by atoms with Crippen molar-refractivity contribution in [3.8, 4) is 0 Å².